The summed E-state index contributed by atoms with van der Waals surface area (Å²) in [5, 5.41) is 2.62. The Morgan fingerprint density at radius 1 is 0.923 bits per heavy atom. The van der Waals surface area contributed by atoms with Crippen molar-refractivity contribution < 1.29 is 22.7 Å². The molecule has 1 aromatic heterocycles. The smallest absolute Gasteiger partial charge is 0.307 e. The normalized spacial score (nSPS) is 18.9. The zero-order valence-corrected chi connectivity index (χ0v) is 25.7. The van der Waals surface area contributed by atoms with Gasteiger partial charge < -0.3 is 10.1 Å². The van der Waals surface area contributed by atoms with Crippen LogP contribution in [0.1, 0.15) is 40.9 Å². The van der Waals surface area contributed by atoms with E-state index in [0.717, 1.165) is 34.0 Å². The van der Waals surface area contributed by atoms with Gasteiger partial charge >= 0.3 is 5.97 Å². The first-order chi connectivity index (χ1) is 18.4. The number of esters is 1. The van der Waals surface area contributed by atoms with Crippen molar-refractivity contribution in [1.82, 2.24) is 5.32 Å². The summed E-state index contributed by atoms with van der Waals surface area (Å²) >= 11 is 1.45. The van der Waals surface area contributed by atoms with E-state index in [0.29, 0.717) is 29.9 Å². The van der Waals surface area contributed by atoms with Crippen LogP contribution in [0.25, 0.3) is 21.6 Å². The van der Waals surface area contributed by atoms with Crippen LogP contribution in [0.2, 0.25) is 25.7 Å². The third-order valence-electron chi connectivity index (χ3n) is 7.32. The van der Waals surface area contributed by atoms with E-state index in [1.54, 1.807) is 19.2 Å². The zero-order chi connectivity index (χ0) is 28.3. The standard InChI is InChI=1S/C30H37NO5S2Si/c1-31-29(33)25-13-9-23(10-14-25)22-7-11-24(12-8-22)26-15-16-27(37-26)30(17-5-6-19-38(30,34)35)21-28(32)36-18-20-39(2,3)4/h7-16H,5-6,17-21H2,1-4H3,(H,31,33)/t30-/m0/s1. The number of thiophene rings is 1. The summed E-state index contributed by atoms with van der Waals surface area (Å²) in [4.78, 5) is 26.4. The highest BCUT2D eigenvalue weighted by Crippen LogP contribution is 2.47. The maximum absolute atomic E-state index is 13.5. The number of ether oxygens (including phenoxy) is 1. The summed E-state index contributed by atoms with van der Waals surface area (Å²) in [6, 6.07) is 20.2. The van der Waals surface area contributed by atoms with Crippen LogP contribution in [-0.2, 0) is 24.1 Å². The average molecular weight is 584 g/mol. The highest BCUT2D eigenvalue weighted by Gasteiger charge is 2.49. The van der Waals surface area contributed by atoms with Crippen molar-refractivity contribution in [3.05, 3.63) is 71.1 Å². The summed E-state index contributed by atoms with van der Waals surface area (Å²) in [5.74, 6) is -0.459. The van der Waals surface area contributed by atoms with E-state index in [-0.39, 0.29) is 18.1 Å². The number of hydrogen-bond acceptors (Lipinski definition) is 6. The Morgan fingerprint density at radius 3 is 2.13 bits per heavy atom. The molecule has 1 saturated heterocycles. The lowest BCUT2D eigenvalue weighted by atomic mass is 9.95. The molecule has 1 aliphatic rings. The molecule has 1 N–H and O–H groups in total. The minimum Gasteiger partial charge on any atom is -0.466 e. The van der Waals surface area contributed by atoms with Gasteiger partial charge in [0.1, 0.15) is 4.75 Å². The average Bonchev–Trinajstić information content (AvgIpc) is 3.40. The number of nitrogens with one attached hydrogen (secondary N) is 1. The molecule has 0 bridgehead atoms. The fourth-order valence-corrected chi connectivity index (χ4v) is 9.38. The second kappa shape index (κ2) is 11.8. The maximum Gasteiger partial charge on any atom is 0.307 e. The van der Waals surface area contributed by atoms with Gasteiger partial charge in [0.2, 0.25) is 0 Å². The summed E-state index contributed by atoms with van der Waals surface area (Å²) in [6.07, 6.45) is 1.69. The zero-order valence-electron chi connectivity index (χ0n) is 23.1. The van der Waals surface area contributed by atoms with Crippen LogP contribution < -0.4 is 5.32 Å². The number of sulfone groups is 1. The molecule has 3 aromatic rings. The van der Waals surface area contributed by atoms with Gasteiger partial charge in [-0.05, 0) is 59.8 Å². The molecule has 6 nitrogen and oxygen atoms in total. The molecule has 2 heterocycles. The van der Waals surface area contributed by atoms with Crippen molar-refractivity contribution in [3.8, 4) is 21.6 Å². The number of rotatable bonds is 9. The van der Waals surface area contributed by atoms with E-state index in [4.69, 9.17) is 4.74 Å². The molecule has 0 saturated carbocycles. The third kappa shape index (κ3) is 6.70. The molecule has 0 spiro atoms. The van der Waals surface area contributed by atoms with Crippen LogP contribution in [0, 0.1) is 0 Å². The van der Waals surface area contributed by atoms with Gasteiger partial charge in [-0.3, -0.25) is 9.59 Å². The molecular weight excluding hydrogens is 547 g/mol. The van der Waals surface area contributed by atoms with Crippen molar-refractivity contribution in [2.45, 2.75) is 56.1 Å². The second-order valence-electron chi connectivity index (χ2n) is 11.4. The molecule has 0 unspecified atom stereocenters. The molecule has 4 rings (SSSR count). The predicted molar refractivity (Wildman–Crippen MR) is 162 cm³/mol. The molecule has 1 fully saturated rings. The summed E-state index contributed by atoms with van der Waals surface area (Å²) in [6.45, 7) is 7.01. The topological polar surface area (TPSA) is 89.5 Å². The number of benzene rings is 2. The van der Waals surface area contributed by atoms with E-state index in [9.17, 15) is 18.0 Å². The Balaban J connectivity index is 1.56. The first-order valence-corrected chi connectivity index (χ1v) is 19.5. The van der Waals surface area contributed by atoms with Gasteiger partial charge in [0.05, 0.1) is 18.8 Å². The Kier molecular flexibility index (Phi) is 8.83. The first kappa shape index (κ1) is 29.2. The van der Waals surface area contributed by atoms with Gasteiger partial charge in [0.25, 0.3) is 5.91 Å². The molecule has 1 amide bonds. The predicted octanol–water partition coefficient (Wildman–Crippen LogP) is 6.51. The van der Waals surface area contributed by atoms with Crippen molar-refractivity contribution in [3.63, 3.8) is 0 Å². The summed E-state index contributed by atoms with van der Waals surface area (Å²) in [5.41, 5.74) is 3.61. The molecule has 0 radical (unpaired) electrons. The number of hydrogen-bond donors (Lipinski definition) is 1. The minimum absolute atomic E-state index is 0.0931. The van der Waals surface area contributed by atoms with Crippen LogP contribution in [0.15, 0.2) is 60.7 Å². The Hall–Kier alpha value is -2.75. The Bertz CT molecular complexity index is 1420. The van der Waals surface area contributed by atoms with Crippen LogP contribution in [0.5, 0.6) is 0 Å². The highest BCUT2D eigenvalue weighted by atomic mass is 32.2. The van der Waals surface area contributed by atoms with Crippen molar-refractivity contribution in [2.24, 2.45) is 0 Å². The quantitative estimate of drug-likeness (QED) is 0.229. The van der Waals surface area contributed by atoms with Crippen molar-refractivity contribution in [2.75, 3.05) is 19.4 Å². The number of carbonyl (C=O) groups is 2. The molecule has 1 aliphatic heterocycles. The van der Waals surface area contributed by atoms with Gasteiger partial charge in [-0.1, -0.05) is 62.5 Å². The Labute approximate surface area is 236 Å². The summed E-state index contributed by atoms with van der Waals surface area (Å²) in [7, 11) is -3.28. The maximum atomic E-state index is 13.5. The number of carbonyl (C=O) groups excluding carboxylic acids is 2. The molecule has 2 aromatic carbocycles. The van der Waals surface area contributed by atoms with Crippen molar-refractivity contribution in [1.29, 1.82) is 0 Å². The van der Waals surface area contributed by atoms with E-state index in [1.807, 2.05) is 48.5 Å². The van der Waals surface area contributed by atoms with Gasteiger partial charge in [0.15, 0.2) is 9.84 Å². The third-order valence-corrected chi connectivity index (χ3v) is 13.1. The van der Waals surface area contributed by atoms with Gasteiger partial charge in [-0.25, -0.2) is 8.42 Å². The van der Waals surface area contributed by atoms with Gasteiger partial charge in [-0.15, -0.1) is 11.3 Å². The minimum atomic E-state index is -3.52. The lowest BCUT2D eigenvalue weighted by Gasteiger charge is -2.35. The fourth-order valence-electron chi connectivity index (χ4n) is 4.89. The molecule has 9 heteroatoms. The van der Waals surface area contributed by atoms with E-state index in [2.05, 4.69) is 25.0 Å². The largest absolute Gasteiger partial charge is 0.466 e. The van der Waals surface area contributed by atoms with E-state index < -0.39 is 28.6 Å². The highest BCUT2D eigenvalue weighted by molar-refractivity contribution is 7.92. The molecule has 39 heavy (non-hydrogen) atoms. The lowest BCUT2D eigenvalue weighted by Crippen LogP contribution is -2.42. The first-order valence-electron chi connectivity index (χ1n) is 13.4. The Morgan fingerprint density at radius 2 is 1.54 bits per heavy atom. The molecule has 0 aliphatic carbocycles. The fraction of sp³-hybridized carbons (Fsp3) is 0.400. The van der Waals surface area contributed by atoms with Crippen LogP contribution in [-0.4, -0.2) is 47.8 Å². The van der Waals surface area contributed by atoms with Crippen LogP contribution >= 0.6 is 11.3 Å². The van der Waals surface area contributed by atoms with E-state index in [1.165, 1.54) is 11.3 Å². The summed E-state index contributed by atoms with van der Waals surface area (Å²) < 4.78 is 31.3. The van der Waals surface area contributed by atoms with Crippen LogP contribution in [0.4, 0.5) is 0 Å². The number of amides is 1. The lowest BCUT2D eigenvalue weighted by molar-refractivity contribution is -0.144. The van der Waals surface area contributed by atoms with Crippen LogP contribution in [0.3, 0.4) is 0 Å². The van der Waals surface area contributed by atoms with Crippen molar-refractivity contribution >= 4 is 41.1 Å². The van der Waals surface area contributed by atoms with Gasteiger partial charge in [0, 0.05) is 30.4 Å². The molecule has 1 atom stereocenters. The van der Waals surface area contributed by atoms with E-state index >= 15 is 0 Å². The van der Waals surface area contributed by atoms with Gasteiger partial charge in [-0.2, -0.15) is 0 Å². The monoisotopic (exact) mass is 583 g/mol. The SMILES string of the molecule is CNC(=O)c1ccc(-c2ccc(-c3ccc([C@@]4(CC(=O)OCC[Si](C)(C)C)CCCCS4(=O)=O)s3)cc2)cc1. The molecular formula is C30H37NO5S2Si. The second-order valence-corrected chi connectivity index (χ2v) is 20.5. The molecule has 208 valence electrons.